The van der Waals surface area contributed by atoms with Gasteiger partial charge in [-0.15, -0.1) is 0 Å². The van der Waals surface area contributed by atoms with E-state index in [-0.39, 0.29) is 0 Å². The third-order valence-electron chi connectivity index (χ3n) is 1.77. The van der Waals surface area contributed by atoms with Gasteiger partial charge in [-0.05, 0) is 0 Å². The van der Waals surface area contributed by atoms with E-state index in [1.165, 1.54) is 0 Å². The lowest BCUT2D eigenvalue weighted by atomic mass is 9.89. The van der Waals surface area contributed by atoms with Crippen molar-refractivity contribution in [2.24, 2.45) is 0 Å². The predicted molar refractivity (Wildman–Crippen MR) is 33.8 cm³/mol. The van der Waals surface area contributed by atoms with Crippen molar-refractivity contribution in [3.8, 4) is 12.1 Å². The van der Waals surface area contributed by atoms with Crippen LogP contribution in [0.1, 0.15) is 19.3 Å². The Bertz CT molecular complexity index is 177. The number of hydrogen-bond acceptors (Lipinski definition) is 3. The van der Waals surface area contributed by atoms with Crippen molar-refractivity contribution in [3.63, 3.8) is 0 Å². The molecule has 0 aromatic rings. The van der Waals surface area contributed by atoms with Crippen molar-refractivity contribution in [3.05, 3.63) is 0 Å². The van der Waals surface area contributed by atoms with E-state index in [0.717, 1.165) is 6.42 Å². The SMILES string of the molecule is N#CCC1(CC#N)CCO1. The molecule has 52 valence electrons. The van der Waals surface area contributed by atoms with E-state index in [1.54, 1.807) is 0 Å². The maximum absolute atomic E-state index is 8.35. The van der Waals surface area contributed by atoms with Crippen molar-refractivity contribution >= 4 is 0 Å². The lowest BCUT2D eigenvalue weighted by molar-refractivity contribution is -0.139. The molecule has 0 atom stereocenters. The fraction of sp³-hybridized carbons (Fsp3) is 0.714. The van der Waals surface area contributed by atoms with Gasteiger partial charge >= 0.3 is 0 Å². The molecule has 1 aliphatic heterocycles. The zero-order valence-corrected chi connectivity index (χ0v) is 5.63. The molecule has 0 saturated carbocycles. The zero-order valence-electron chi connectivity index (χ0n) is 5.63. The van der Waals surface area contributed by atoms with Crippen LogP contribution >= 0.6 is 0 Å². The highest BCUT2D eigenvalue weighted by atomic mass is 16.5. The number of nitrogens with zero attached hydrogens (tertiary/aromatic N) is 2. The van der Waals surface area contributed by atoms with Gasteiger partial charge in [0.25, 0.3) is 0 Å². The Balaban J connectivity index is 2.46. The normalized spacial score (nSPS) is 20.2. The molecule has 0 aromatic heterocycles. The zero-order chi connectivity index (χ0) is 7.45. The summed E-state index contributed by atoms with van der Waals surface area (Å²) in [5, 5.41) is 16.7. The summed E-state index contributed by atoms with van der Waals surface area (Å²) in [5.74, 6) is 0. The molecule has 1 aliphatic rings. The van der Waals surface area contributed by atoms with Crippen molar-refractivity contribution in [1.29, 1.82) is 10.5 Å². The molecule has 10 heavy (non-hydrogen) atoms. The minimum atomic E-state index is -0.399. The fourth-order valence-electron chi connectivity index (χ4n) is 1.02. The second kappa shape index (κ2) is 2.68. The monoisotopic (exact) mass is 136 g/mol. The first-order chi connectivity index (χ1) is 4.83. The minimum Gasteiger partial charge on any atom is -0.373 e. The molecule has 1 heterocycles. The van der Waals surface area contributed by atoms with E-state index in [1.807, 2.05) is 12.1 Å². The van der Waals surface area contributed by atoms with Crippen LogP contribution in [0.2, 0.25) is 0 Å². The van der Waals surface area contributed by atoms with E-state index >= 15 is 0 Å². The van der Waals surface area contributed by atoms with Crippen molar-refractivity contribution in [2.45, 2.75) is 24.9 Å². The molecule has 0 N–H and O–H groups in total. The molecule has 1 fully saturated rings. The van der Waals surface area contributed by atoms with Gasteiger partial charge in [-0.3, -0.25) is 0 Å². The molecule has 0 unspecified atom stereocenters. The lowest BCUT2D eigenvalue weighted by Crippen LogP contribution is -2.42. The summed E-state index contributed by atoms with van der Waals surface area (Å²) < 4.78 is 5.15. The van der Waals surface area contributed by atoms with Gasteiger partial charge in [0.15, 0.2) is 0 Å². The average molecular weight is 136 g/mol. The Labute approximate surface area is 59.8 Å². The van der Waals surface area contributed by atoms with Crippen LogP contribution < -0.4 is 0 Å². The molecule has 3 nitrogen and oxygen atoms in total. The molecule has 0 spiro atoms. The average Bonchev–Trinajstić information content (AvgIpc) is 1.84. The number of nitriles is 2. The number of rotatable bonds is 2. The molecule has 1 saturated heterocycles. The van der Waals surface area contributed by atoms with Crippen molar-refractivity contribution in [1.82, 2.24) is 0 Å². The predicted octanol–water partition coefficient (Wildman–Crippen LogP) is 0.973. The summed E-state index contributed by atoms with van der Waals surface area (Å²) in [7, 11) is 0. The van der Waals surface area contributed by atoms with Crippen molar-refractivity contribution < 1.29 is 4.74 Å². The van der Waals surface area contributed by atoms with Gasteiger partial charge in [-0.2, -0.15) is 10.5 Å². The van der Waals surface area contributed by atoms with Gasteiger partial charge in [-0.1, -0.05) is 0 Å². The van der Waals surface area contributed by atoms with Crippen LogP contribution in [0.15, 0.2) is 0 Å². The highest BCUT2D eigenvalue weighted by Crippen LogP contribution is 2.32. The Hall–Kier alpha value is -1.06. The van der Waals surface area contributed by atoms with Gasteiger partial charge in [-0.25, -0.2) is 0 Å². The van der Waals surface area contributed by atoms with E-state index in [2.05, 4.69) is 0 Å². The van der Waals surface area contributed by atoms with Crippen LogP contribution in [0, 0.1) is 22.7 Å². The molecule has 1 rings (SSSR count). The molecule has 0 bridgehead atoms. The van der Waals surface area contributed by atoms with Crippen LogP contribution in [0.4, 0.5) is 0 Å². The van der Waals surface area contributed by atoms with E-state index in [4.69, 9.17) is 15.3 Å². The first kappa shape index (κ1) is 7.05. The third kappa shape index (κ3) is 1.10. The third-order valence-corrected chi connectivity index (χ3v) is 1.77. The Morgan fingerprint density at radius 1 is 1.30 bits per heavy atom. The smallest absolute Gasteiger partial charge is 0.0962 e. The molecule has 0 radical (unpaired) electrons. The first-order valence-corrected chi connectivity index (χ1v) is 3.21. The lowest BCUT2D eigenvalue weighted by Gasteiger charge is -2.38. The largest absolute Gasteiger partial charge is 0.373 e. The van der Waals surface area contributed by atoms with Crippen LogP contribution in [-0.2, 0) is 4.74 Å². The van der Waals surface area contributed by atoms with Crippen LogP contribution in [0.3, 0.4) is 0 Å². The van der Waals surface area contributed by atoms with E-state index < -0.39 is 5.60 Å². The molecule has 0 amide bonds. The van der Waals surface area contributed by atoms with Gasteiger partial charge in [0.2, 0.25) is 0 Å². The summed E-state index contributed by atoms with van der Waals surface area (Å²) >= 11 is 0. The van der Waals surface area contributed by atoms with Crippen LogP contribution in [0.5, 0.6) is 0 Å². The molecular weight excluding hydrogens is 128 g/mol. The van der Waals surface area contributed by atoms with E-state index in [9.17, 15) is 0 Å². The summed E-state index contributed by atoms with van der Waals surface area (Å²) in [6, 6.07) is 4.04. The summed E-state index contributed by atoms with van der Waals surface area (Å²) in [5.41, 5.74) is -0.399. The Morgan fingerprint density at radius 2 is 1.80 bits per heavy atom. The molecule has 0 aromatic carbocycles. The topological polar surface area (TPSA) is 56.8 Å². The second-order valence-corrected chi connectivity index (χ2v) is 2.45. The van der Waals surface area contributed by atoms with E-state index in [0.29, 0.717) is 19.4 Å². The summed E-state index contributed by atoms with van der Waals surface area (Å²) in [6.45, 7) is 0.698. The molecule has 3 heteroatoms. The maximum atomic E-state index is 8.35. The standard InChI is InChI=1S/C7H8N2O/c8-4-1-7(2-5-9)3-6-10-7/h1-3,6H2. The minimum absolute atomic E-state index is 0.348. The second-order valence-electron chi connectivity index (χ2n) is 2.45. The molecular formula is C7H8N2O. The Morgan fingerprint density at radius 3 is 2.00 bits per heavy atom. The van der Waals surface area contributed by atoms with Gasteiger partial charge < -0.3 is 4.74 Å². The Kier molecular flexibility index (Phi) is 1.89. The maximum Gasteiger partial charge on any atom is 0.0962 e. The molecule has 0 aliphatic carbocycles. The van der Waals surface area contributed by atoms with Crippen LogP contribution in [-0.4, -0.2) is 12.2 Å². The highest BCUT2D eigenvalue weighted by molar-refractivity contribution is 5.00. The first-order valence-electron chi connectivity index (χ1n) is 3.21. The van der Waals surface area contributed by atoms with Gasteiger partial charge in [0, 0.05) is 6.42 Å². The van der Waals surface area contributed by atoms with Gasteiger partial charge in [0.1, 0.15) is 0 Å². The quantitative estimate of drug-likeness (QED) is 0.568. The highest BCUT2D eigenvalue weighted by Gasteiger charge is 2.37. The number of ether oxygens (including phenoxy) is 1. The van der Waals surface area contributed by atoms with Crippen LogP contribution in [0.25, 0.3) is 0 Å². The fourth-order valence-corrected chi connectivity index (χ4v) is 1.02. The summed E-state index contributed by atoms with van der Waals surface area (Å²) in [6.07, 6.45) is 1.55. The van der Waals surface area contributed by atoms with Crippen molar-refractivity contribution in [2.75, 3.05) is 6.61 Å². The summed E-state index contributed by atoms with van der Waals surface area (Å²) in [4.78, 5) is 0. The van der Waals surface area contributed by atoms with Gasteiger partial charge in [0.05, 0.1) is 37.2 Å². The number of hydrogen-bond donors (Lipinski definition) is 0.